The van der Waals surface area contributed by atoms with Crippen LogP contribution < -0.4 is 0 Å². The molecule has 31 heavy (non-hydrogen) atoms. The minimum absolute atomic E-state index is 0.0574. The lowest BCUT2D eigenvalue weighted by Crippen LogP contribution is -2.68. The van der Waals surface area contributed by atoms with Crippen LogP contribution in [0.1, 0.15) is 47.0 Å². The number of carbonyl (C=O) groups is 2. The van der Waals surface area contributed by atoms with Gasteiger partial charge in [-0.1, -0.05) is 30.2 Å². The summed E-state index contributed by atoms with van der Waals surface area (Å²) in [7, 11) is 0. The largest absolute Gasteiger partial charge is 0.390 e. The predicted octanol–water partition coefficient (Wildman–Crippen LogP) is 2.34. The quantitative estimate of drug-likeness (QED) is 0.651. The van der Waals surface area contributed by atoms with Crippen molar-refractivity contribution in [2.24, 2.45) is 16.7 Å². The van der Waals surface area contributed by atoms with Gasteiger partial charge in [0.05, 0.1) is 6.10 Å². The lowest BCUT2D eigenvalue weighted by Gasteiger charge is -2.61. The number of alkyl halides is 1. The van der Waals surface area contributed by atoms with Crippen molar-refractivity contribution in [3.63, 3.8) is 0 Å². The van der Waals surface area contributed by atoms with Gasteiger partial charge >= 0.3 is 0 Å². The normalized spacial score (nSPS) is 49.5. The van der Waals surface area contributed by atoms with Crippen LogP contribution in [0.15, 0.2) is 35.5 Å². The number of allylic oxidation sites excluding steroid dienone is 4. The molecule has 7 atom stereocenters. The maximum absolute atomic E-state index is 17.1. The average molecular weight is 432 g/mol. The van der Waals surface area contributed by atoms with Gasteiger partial charge in [0.2, 0.25) is 0 Å². The molecule has 2 saturated carbocycles. The summed E-state index contributed by atoms with van der Waals surface area (Å²) in [4.78, 5) is 25.0. The van der Waals surface area contributed by atoms with Gasteiger partial charge in [-0.25, -0.2) is 4.39 Å². The first-order chi connectivity index (χ1) is 14.4. The van der Waals surface area contributed by atoms with E-state index in [-0.39, 0.29) is 12.2 Å². The van der Waals surface area contributed by atoms with Crippen molar-refractivity contribution in [1.82, 2.24) is 0 Å². The van der Waals surface area contributed by atoms with Gasteiger partial charge in [-0.15, -0.1) is 0 Å². The number of hydrogen-bond donors (Lipinski definition) is 2. The van der Waals surface area contributed by atoms with Crippen LogP contribution in [-0.2, 0) is 19.1 Å². The van der Waals surface area contributed by atoms with E-state index in [1.54, 1.807) is 32.9 Å². The molecule has 4 aliphatic carbocycles. The van der Waals surface area contributed by atoms with Crippen LogP contribution in [0.25, 0.3) is 0 Å². The van der Waals surface area contributed by atoms with E-state index in [0.29, 0.717) is 24.0 Å². The van der Waals surface area contributed by atoms with Crippen molar-refractivity contribution in [3.05, 3.63) is 35.5 Å². The van der Waals surface area contributed by atoms with Crippen LogP contribution in [0.5, 0.6) is 0 Å². The topological polar surface area (TPSA) is 93.1 Å². The van der Waals surface area contributed by atoms with E-state index < -0.39 is 58.4 Å². The summed E-state index contributed by atoms with van der Waals surface area (Å²) >= 11 is 0. The molecular weight excluding hydrogens is 403 g/mol. The fraction of sp³-hybridized carbons (Fsp3) is 0.667. The number of Topliss-reactive ketones (excluding diaryl/α,β-unsaturated/α-hetero) is 1. The SMILES string of the molecule is CC1(C)OC2C=C3C4CCC5=CC(=O)C=CC5(C)C4(F)C(O)CC3(C)C2(C(=O)CO)O1. The number of ether oxygens (including phenoxy) is 2. The zero-order valence-electron chi connectivity index (χ0n) is 18.3. The highest BCUT2D eigenvalue weighted by Gasteiger charge is 2.77. The summed E-state index contributed by atoms with van der Waals surface area (Å²) in [6.45, 7) is 6.23. The van der Waals surface area contributed by atoms with E-state index in [4.69, 9.17) is 9.47 Å². The Morgan fingerprint density at radius 1 is 1.29 bits per heavy atom. The molecule has 0 aromatic carbocycles. The van der Waals surface area contributed by atoms with Crippen molar-refractivity contribution < 1.29 is 33.7 Å². The number of aliphatic hydroxyl groups is 2. The van der Waals surface area contributed by atoms with E-state index in [1.165, 1.54) is 12.2 Å². The predicted molar refractivity (Wildman–Crippen MR) is 109 cm³/mol. The highest BCUT2D eigenvalue weighted by atomic mass is 19.1. The molecule has 0 radical (unpaired) electrons. The Labute approximate surface area is 180 Å². The Morgan fingerprint density at radius 2 is 2.00 bits per heavy atom. The Bertz CT molecular complexity index is 981. The number of carbonyl (C=O) groups excluding carboxylic acids is 2. The second-order valence-corrected chi connectivity index (χ2v) is 10.5. The maximum Gasteiger partial charge on any atom is 0.193 e. The van der Waals surface area contributed by atoms with Gasteiger partial charge in [0.1, 0.15) is 12.7 Å². The van der Waals surface area contributed by atoms with Gasteiger partial charge in [0, 0.05) is 16.7 Å². The molecule has 3 fully saturated rings. The number of hydrogen-bond acceptors (Lipinski definition) is 6. The first kappa shape index (κ1) is 21.2. The van der Waals surface area contributed by atoms with Gasteiger partial charge in [-0.3, -0.25) is 9.59 Å². The van der Waals surface area contributed by atoms with E-state index in [0.717, 1.165) is 0 Å². The minimum atomic E-state index is -2.04. The average Bonchev–Trinajstić information content (AvgIpc) is 3.09. The van der Waals surface area contributed by atoms with Crippen LogP contribution in [0.2, 0.25) is 0 Å². The molecule has 6 nitrogen and oxygen atoms in total. The first-order valence-electron chi connectivity index (χ1n) is 10.9. The number of halogens is 1. The monoisotopic (exact) mass is 432 g/mol. The van der Waals surface area contributed by atoms with Crippen LogP contribution in [0.4, 0.5) is 4.39 Å². The molecular formula is C24H29FO6. The van der Waals surface area contributed by atoms with Crippen LogP contribution in [0.3, 0.4) is 0 Å². The van der Waals surface area contributed by atoms with Crippen LogP contribution in [0, 0.1) is 16.7 Å². The molecule has 0 spiro atoms. The zero-order valence-corrected chi connectivity index (χ0v) is 18.3. The van der Waals surface area contributed by atoms with E-state index in [9.17, 15) is 19.8 Å². The third kappa shape index (κ3) is 2.25. The molecule has 1 aliphatic heterocycles. The van der Waals surface area contributed by atoms with Crippen molar-refractivity contribution in [2.75, 3.05) is 6.61 Å². The van der Waals surface area contributed by atoms with Gasteiger partial charge in [-0.2, -0.15) is 0 Å². The minimum Gasteiger partial charge on any atom is -0.390 e. The molecule has 1 saturated heterocycles. The summed E-state index contributed by atoms with van der Waals surface area (Å²) in [6.07, 6.45) is 4.92. The van der Waals surface area contributed by atoms with E-state index in [2.05, 4.69) is 0 Å². The fourth-order valence-electron chi connectivity index (χ4n) is 7.21. The van der Waals surface area contributed by atoms with Gasteiger partial charge < -0.3 is 19.7 Å². The number of rotatable bonds is 2. The molecule has 0 aromatic rings. The van der Waals surface area contributed by atoms with E-state index >= 15 is 4.39 Å². The molecule has 5 rings (SSSR count). The molecule has 168 valence electrons. The summed E-state index contributed by atoms with van der Waals surface area (Å²) < 4.78 is 29.3. The first-order valence-corrected chi connectivity index (χ1v) is 10.9. The molecule has 7 unspecified atom stereocenters. The van der Waals surface area contributed by atoms with Crippen molar-refractivity contribution in [3.8, 4) is 0 Å². The summed E-state index contributed by atoms with van der Waals surface area (Å²) in [5.74, 6) is -2.43. The van der Waals surface area contributed by atoms with Crippen LogP contribution >= 0.6 is 0 Å². The number of ketones is 2. The molecule has 5 aliphatic rings. The molecule has 1 heterocycles. The van der Waals surface area contributed by atoms with Gasteiger partial charge in [0.25, 0.3) is 0 Å². The van der Waals surface area contributed by atoms with Gasteiger partial charge in [-0.05, 0) is 52.2 Å². The number of aliphatic hydroxyl groups excluding tert-OH is 2. The molecule has 0 bridgehead atoms. The molecule has 2 N–H and O–H groups in total. The maximum atomic E-state index is 17.1. The summed E-state index contributed by atoms with van der Waals surface area (Å²) in [5.41, 5.74) is -4.33. The number of fused-ring (bicyclic) bond motifs is 7. The lowest BCUT2D eigenvalue weighted by atomic mass is 9.46. The second-order valence-electron chi connectivity index (χ2n) is 10.5. The second kappa shape index (κ2) is 6.01. The van der Waals surface area contributed by atoms with Crippen molar-refractivity contribution in [1.29, 1.82) is 0 Å². The Balaban J connectivity index is 1.67. The van der Waals surface area contributed by atoms with Gasteiger partial charge in [0.15, 0.2) is 28.6 Å². The molecule has 0 amide bonds. The summed E-state index contributed by atoms with van der Waals surface area (Å²) in [6, 6.07) is 0. The molecule has 0 aromatic heterocycles. The zero-order chi connectivity index (χ0) is 22.6. The third-order valence-electron chi connectivity index (χ3n) is 8.60. The van der Waals surface area contributed by atoms with Crippen molar-refractivity contribution in [2.45, 2.75) is 76.2 Å². The smallest absolute Gasteiger partial charge is 0.193 e. The van der Waals surface area contributed by atoms with Crippen LogP contribution in [-0.4, -0.2) is 57.7 Å². The third-order valence-corrected chi connectivity index (χ3v) is 8.60. The standard InChI is InChI=1S/C24H29FO6/c1-20(2)30-19-10-16-15-6-5-13-9-14(27)7-8-21(13,3)23(15,25)17(28)11-22(16,4)24(19,31-20)18(29)12-26/h7-10,15,17,19,26,28H,5-6,11-12H2,1-4H3. The molecule has 7 heteroatoms. The highest BCUT2D eigenvalue weighted by molar-refractivity contribution is 6.01. The lowest BCUT2D eigenvalue weighted by molar-refractivity contribution is -0.212. The Morgan fingerprint density at radius 3 is 2.68 bits per heavy atom. The Kier molecular flexibility index (Phi) is 4.11. The summed E-state index contributed by atoms with van der Waals surface area (Å²) in [5, 5.41) is 21.1. The fourth-order valence-corrected chi connectivity index (χ4v) is 7.21. The van der Waals surface area contributed by atoms with E-state index in [1.807, 2.05) is 6.92 Å². The Hall–Kier alpha value is -1.67. The highest BCUT2D eigenvalue weighted by Crippen LogP contribution is 2.70. The van der Waals surface area contributed by atoms with Crippen molar-refractivity contribution >= 4 is 11.6 Å².